The van der Waals surface area contributed by atoms with Crippen molar-refractivity contribution in [3.05, 3.63) is 58.6 Å². The maximum atomic E-state index is 12.4. The summed E-state index contributed by atoms with van der Waals surface area (Å²) in [6.45, 7) is 4.49. The maximum absolute atomic E-state index is 12.4. The average molecular weight is 315 g/mol. The summed E-state index contributed by atoms with van der Waals surface area (Å²) in [6, 6.07) is 13.1. The van der Waals surface area contributed by atoms with E-state index in [1.165, 1.54) is 0 Å². The molecule has 21 heavy (non-hydrogen) atoms. The average Bonchev–Trinajstić information content (AvgIpc) is 2.41. The van der Waals surface area contributed by atoms with E-state index < -0.39 is 0 Å². The van der Waals surface area contributed by atoms with Crippen LogP contribution in [-0.2, 0) is 0 Å². The van der Waals surface area contributed by atoms with Gasteiger partial charge in [-0.3, -0.25) is 4.79 Å². The molecule has 0 aliphatic heterocycles. The van der Waals surface area contributed by atoms with Crippen molar-refractivity contribution in [2.45, 2.75) is 13.8 Å². The van der Waals surface area contributed by atoms with Gasteiger partial charge in [0.25, 0.3) is 0 Å². The third-order valence-electron chi connectivity index (χ3n) is 2.87. The normalized spacial score (nSPS) is 10.4. The van der Waals surface area contributed by atoms with Crippen LogP contribution in [0, 0.1) is 6.92 Å². The van der Waals surface area contributed by atoms with Gasteiger partial charge in [0.2, 0.25) is 0 Å². The second-order valence-corrected chi connectivity index (χ2v) is 6.03. The van der Waals surface area contributed by atoms with Gasteiger partial charge in [-0.1, -0.05) is 35.9 Å². The van der Waals surface area contributed by atoms with Crippen molar-refractivity contribution < 1.29 is 9.53 Å². The zero-order valence-corrected chi connectivity index (χ0v) is 13.2. The summed E-state index contributed by atoms with van der Waals surface area (Å²) in [5.41, 5.74) is 1.61. The van der Waals surface area contributed by atoms with Gasteiger partial charge in [-0.15, -0.1) is 0 Å². The topological polar surface area (TPSA) is 26.3 Å². The first-order valence-corrected chi connectivity index (χ1v) is 7.79. The van der Waals surface area contributed by atoms with E-state index in [1.54, 1.807) is 6.07 Å². The molecule has 0 N–H and O–H groups in total. The Labute approximate surface area is 144 Å². The third-order valence-corrected chi connectivity index (χ3v) is 4.29. The molecular formula is C16H17ClLiO2P. The Morgan fingerprint density at radius 1 is 1.19 bits per heavy atom. The Bertz CT molecular complexity index is 594. The van der Waals surface area contributed by atoms with Crippen LogP contribution in [0.2, 0.25) is 5.02 Å². The summed E-state index contributed by atoms with van der Waals surface area (Å²) in [5.74, 6) is 0.822. The van der Waals surface area contributed by atoms with Gasteiger partial charge in [0.1, 0.15) is 5.75 Å². The van der Waals surface area contributed by atoms with Gasteiger partial charge < -0.3 is 4.74 Å². The van der Waals surface area contributed by atoms with E-state index in [-0.39, 0.29) is 33.0 Å². The molecule has 0 saturated heterocycles. The van der Waals surface area contributed by atoms with E-state index in [0.29, 0.717) is 17.2 Å². The molecule has 0 aliphatic carbocycles. The zero-order valence-electron chi connectivity index (χ0n) is 11.4. The van der Waals surface area contributed by atoms with E-state index in [0.717, 1.165) is 16.6 Å². The number of halogens is 1. The molecule has 2 aromatic rings. The van der Waals surface area contributed by atoms with Crippen molar-refractivity contribution in [2.75, 3.05) is 6.61 Å². The fraction of sp³-hybridized carbons (Fsp3) is 0.188. The Balaban J connectivity index is 0.00000220. The van der Waals surface area contributed by atoms with Crippen molar-refractivity contribution >= 4 is 49.9 Å². The van der Waals surface area contributed by atoms with Gasteiger partial charge in [-0.25, -0.2) is 0 Å². The number of carbonyl (C=O) groups excluding carboxylic acids is 1. The monoisotopic (exact) mass is 314 g/mol. The van der Waals surface area contributed by atoms with Gasteiger partial charge >= 0.3 is 18.9 Å². The minimum absolute atomic E-state index is 0. The molecule has 106 valence electrons. The van der Waals surface area contributed by atoms with Crippen LogP contribution in [0.5, 0.6) is 5.75 Å². The summed E-state index contributed by atoms with van der Waals surface area (Å²) in [6.07, 6.45) is 0. The Morgan fingerprint density at radius 2 is 1.86 bits per heavy atom. The summed E-state index contributed by atoms with van der Waals surface area (Å²) in [7, 11) is 0.0680. The Kier molecular flexibility index (Phi) is 7.50. The van der Waals surface area contributed by atoms with Crippen molar-refractivity contribution in [2.24, 2.45) is 0 Å². The minimum atomic E-state index is 0. The van der Waals surface area contributed by atoms with Gasteiger partial charge in [-0.05, 0) is 51.5 Å². The molecule has 0 spiro atoms. The standard InChI is InChI=1S/C16H16ClO2P.Li.H/c1-3-19-12-7-9-13(10-8-12)20-16(18)15-11(2)5-4-6-14(15)17;;/h4-10,20H,3H2,1-2H3;;. The Hall–Kier alpha value is -0.773. The summed E-state index contributed by atoms with van der Waals surface area (Å²) >= 11 is 6.12. The number of aryl methyl sites for hydroxylation is 1. The third kappa shape index (κ3) is 4.87. The van der Waals surface area contributed by atoms with E-state index in [2.05, 4.69) is 0 Å². The molecule has 0 bridgehead atoms. The second kappa shape index (κ2) is 8.62. The van der Waals surface area contributed by atoms with Gasteiger partial charge in [0, 0.05) is 5.56 Å². The number of hydrogen-bond donors (Lipinski definition) is 0. The molecule has 0 amide bonds. The van der Waals surface area contributed by atoms with E-state index in [9.17, 15) is 4.79 Å². The molecule has 2 aromatic carbocycles. The Morgan fingerprint density at radius 3 is 2.43 bits per heavy atom. The number of carbonyl (C=O) groups is 1. The van der Waals surface area contributed by atoms with E-state index >= 15 is 0 Å². The molecular weight excluding hydrogens is 298 g/mol. The molecule has 0 aromatic heterocycles. The first kappa shape index (κ1) is 18.3. The zero-order chi connectivity index (χ0) is 14.5. The van der Waals surface area contributed by atoms with Crippen LogP contribution in [0.3, 0.4) is 0 Å². The van der Waals surface area contributed by atoms with E-state index in [4.69, 9.17) is 16.3 Å². The quantitative estimate of drug-likeness (QED) is 0.623. The molecule has 0 heterocycles. The van der Waals surface area contributed by atoms with Gasteiger partial charge in [0.05, 0.1) is 11.6 Å². The molecule has 0 saturated carbocycles. The van der Waals surface area contributed by atoms with Crippen LogP contribution in [-0.4, -0.2) is 31.0 Å². The van der Waals surface area contributed by atoms with Crippen LogP contribution >= 0.6 is 20.2 Å². The molecule has 0 radical (unpaired) electrons. The molecule has 1 unspecified atom stereocenters. The summed E-state index contributed by atoms with van der Waals surface area (Å²) in [4.78, 5) is 12.4. The summed E-state index contributed by atoms with van der Waals surface area (Å²) < 4.78 is 5.39. The second-order valence-electron chi connectivity index (χ2n) is 4.34. The van der Waals surface area contributed by atoms with E-state index in [1.807, 2.05) is 50.2 Å². The number of rotatable bonds is 5. The predicted molar refractivity (Wildman–Crippen MR) is 93.2 cm³/mol. The first-order chi connectivity index (χ1) is 9.61. The van der Waals surface area contributed by atoms with Crippen molar-refractivity contribution in [1.82, 2.24) is 0 Å². The molecule has 1 atom stereocenters. The van der Waals surface area contributed by atoms with Gasteiger partial charge in [0.15, 0.2) is 5.52 Å². The SMILES string of the molecule is CCOc1ccc(PC(=O)c2c(C)cccc2Cl)cc1.[LiH]. The number of hydrogen-bond acceptors (Lipinski definition) is 2. The van der Waals surface area contributed by atoms with Crippen molar-refractivity contribution in [3.63, 3.8) is 0 Å². The molecule has 5 heteroatoms. The summed E-state index contributed by atoms with van der Waals surface area (Å²) in [5, 5.41) is 1.51. The number of benzene rings is 2. The van der Waals surface area contributed by atoms with Crippen LogP contribution < -0.4 is 10.0 Å². The van der Waals surface area contributed by atoms with Crippen LogP contribution in [0.1, 0.15) is 22.8 Å². The van der Waals surface area contributed by atoms with Crippen molar-refractivity contribution in [1.29, 1.82) is 0 Å². The van der Waals surface area contributed by atoms with Crippen LogP contribution in [0.15, 0.2) is 42.5 Å². The molecule has 0 fully saturated rings. The van der Waals surface area contributed by atoms with Crippen molar-refractivity contribution in [3.8, 4) is 5.75 Å². The first-order valence-electron chi connectivity index (χ1n) is 6.41. The predicted octanol–water partition coefficient (Wildman–Crippen LogP) is 3.54. The van der Waals surface area contributed by atoms with Crippen LogP contribution in [0.25, 0.3) is 0 Å². The fourth-order valence-electron chi connectivity index (χ4n) is 1.91. The molecule has 0 aliphatic rings. The number of ether oxygens (including phenoxy) is 1. The molecule has 2 rings (SSSR count). The molecule has 2 nitrogen and oxygen atoms in total. The fourth-order valence-corrected chi connectivity index (χ4v) is 3.35. The van der Waals surface area contributed by atoms with Crippen LogP contribution in [0.4, 0.5) is 0 Å². The van der Waals surface area contributed by atoms with Gasteiger partial charge in [-0.2, -0.15) is 0 Å².